The number of aromatic nitrogens is 2. The molecule has 0 fully saturated rings. The summed E-state index contributed by atoms with van der Waals surface area (Å²) in [6.07, 6.45) is 1.27. The molecule has 0 aliphatic heterocycles. The first-order valence-electron chi connectivity index (χ1n) is 9.42. The summed E-state index contributed by atoms with van der Waals surface area (Å²) in [6, 6.07) is 19.1. The zero-order valence-electron chi connectivity index (χ0n) is 16.5. The maximum atomic E-state index is 12.5. The molecule has 0 unspecified atom stereocenters. The van der Waals surface area contributed by atoms with E-state index in [9.17, 15) is 19.7 Å². The standard InChI is InChI=1S/C21H17N7O4/c29-20(23-14-5-2-1-3-6-14)24-15-9-11-16(12-10-15)25-26-21(30)27-18-7-4-8-19(28(31)32)17(18)13-22-27/h1-13,25H,(H,26,30)(H2,23,24,29). The third-order valence-electron chi connectivity index (χ3n) is 4.47. The second-order valence-corrected chi connectivity index (χ2v) is 6.60. The van der Waals surface area contributed by atoms with Gasteiger partial charge in [0.2, 0.25) is 0 Å². The quantitative estimate of drug-likeness (QED) is 0.276. The molecule has 3 aromatic carbocycles. The van der Waals surface area contributed by atoms with E-state index < -0.39 is 11.0 Å². The summed E-state index contributed by atoms with van der Waals surface area (Å²) in [4.78, 5) is 35.1. The Kier molecular flexibility index (Phi) is 5.62. The molecule has 0 saturated heterocycles. The van der Waals surface area contributed by atoms with Gasteiger partial charge in [-0.05, 0) is 42.5 Å². The van der Waals surface area contributed by atoms with E-state index in [0.29, 0.717) is 22.6 Å². The summed E-state index contributed by atoms with van der Waals surface area (Å²) in [7, 11) is 0. The van der Waals surface area contributed by atoms with Gasteiger partial charge in [-0.3, -0.25) is 15.5 Å². The molecule has 11 nitrogen and oxygen atoms in total. The highest BCUT2D eigenvalue weighted by atomic mass is 16.6. The van der Waals surface area contributed by atoms with Gasteiger partial charge in [-0.15, -0.1) is 0 Å². The van der Waals surface area contributed by atoms with Crippen LogP contribution in [0.25, 0.3) is 10.9 Å². The molecule has 4 rings (SSSR count). The first-order chi connectivity index (χ1) is 15.5. The predicted molar refractivity (Wildman–Crippen MR) is 119 cm³/mol. The summed E-state index contributed by atoms with van der Waals surface area (Å²) in [6.45, 7) is 0. The molecular weight excluding hydrogens is 414 g/mol. The monoisotopic (exact) mass is 431 g/mol. The Morgan fingerprint density at radius 2 is 1.50 bits per heavy atom. The van der Waals surface area contributed by atoms with Gasteiger partial charge in [0.15, 0.2) is 0 Å². The Labute approximate surface area is 181 Å². The van der Waals surface area contributed by atoms with Crippen LogP contribution >= 0.6 is 0 Å². The number of benzene rings is 3. The number of hydrogen-bond donors (Lipinski definition) is 4. The minimum Gasteiger partial charge on any atom is -0.308 e. The van der Waals surface area contributed by atoms with Gasteiger partial charge < -0.3 is 10.6 Å². The Balaban J connectivity index is 1.36. The molecule has 4 aromatic rings. The number of anilines is 3. The molecule has 0 aliphatic rings. The van der Waals surface area contributed by atoms with Crippen molar-refractivity contribution in [2.75, 3.05) is 16.1 Å². The number of non-ortho nitro benzene ring substituents is 1. The maximum absolute atomic E-state index is 12.5. The fourth-order valence-corrected chi connectivity index (χ4v) is 2.99. The van der Waals surface area contributed by atoms with Crippen LogP contribution in [0.1, 0.15) is 0 Å². The van der Waals surface area contributed by atoms with Crippen molar-refractivity contribution in [1.29, 1.82) is 0 Å². The number of para-hydroxylation sites is 1. The molecule has 0 bridgehead atoms. The highest BCUT2D eigenvalue weighted by molar-refractivity contribution is 5.99. The van der Waals surface area contributed by atoms with Crippen LogP contribution in [0.3, 0.4) is 0 Å². The Bertz CT molecular complexity index is 1290. The molecule has 0 aliphatic carbocycles. The van der Waals surface area contributed by atoms with Crippen molar-refractivity contribution in [3.8, 4) is 0 Å². The lowest BCUT2D eigenvalue weighted by atomic mass is 10.2. The highest BCUT2D eigenvalue weighted by Crippen LogP contribution is 2.24. The van der Waals surface area contributed by atoms with E-state index in [1.807, 2.05) is 18.2 Å². The number of fused-ring (bicyclic) bond motifs is 1. The normalized spacial score (nSPS) is 10.4. The van der Waals surface area contributed by atoms with Crippen LogP contribution < -0.4 is 21.5 Å². The minimum atomic E-state index is -0.620. The van der Waals surface area contributed by atoms with Crippen molar-refractivity contribution in [2.45, 2.75) is 0 Å². The maximum Gasteiger partial charge on any atom is 0.361 e. The topological polar surface area (TPSA) is 143 Å². The van der Waals surface area contributed by atoms with Gasteiger partial charge in [-0.2, -0.15) is 9.78 Å². The highest BCUT2D eigenvalue weighted by Gasteiger charge is 2.17. The fourth-order valence-electron chi connectivity index (χ4n) is 2.99. The summed E-state index contributed by atoms with van der Waals surface area (Å²) in [5.41, 5.74) is 7.16. The smallest absolute Gasteiger partial charge is 0.308 e. The SMILES string of the molecule is O=C(Nc1ccccc1)Nc1ccc(NNC(=O)n2ncc3c([N+](=O)[O-])cccc32)cc1. The number of nitrogens with one attached hydrogen (secondary N) is 4. The molecule has 0 radical (unpaired) electrons. The van der Waals surface area contributed by atoms with Crippen LogP contribution in [-0.2, 0) is 0 Å². The molecule has 1 heterocycles. The molecule has 160 valence electrons. The molecule has 0 atom stereocenters. The number of hydrogen-bond acceptors (Lipinski definition) is 6. The predicted octanol–water partition coefficient (Wildman–Crippen LogP) is 4.17. The number of amides is 3. The lowest BCUT2D eigenvalue weighted by Crippen LogP contribution is -2.33. The number of carbonyl (C=O) groups is 2. The van der Waals surface area contributed by atoms with Crippen LogP contribution in [0.15, 0.2) is 79.0 Å². The molecule has 0 spiro atoms. The van der Waals surface area contributed by atoms with Crippen molar-refractivity contribution in [2.24, 2.45) is 0 Å². The van der Waals surface area contributed by atoms with Crippen LogP contribution in [0, 0.1) is 10.1 Å². The van der Waals surface area contributed by atoms with E-state index in [-0.39, 0.29) is 17.1 Å². The van der Waals surface area contributed by atoms with E-state index in [1.165, 1.54) is 18.3 Å². The van der Waals surface area contributed by atoms with Crippen LogP contribution in [0.5, 0.6) is 0 Å². The number of carbonyl (C=O) groups excluding carboxylic acids is 2. The Morgan fingerprint density at radius 1 is 0.844 bits per heavy atom. The largest absolute Gasteiger partial charge is 0.361 e. The van der Waals surface area contributed by atoms with E-state index >= 15 is 0 Å². The summed E-state index contributed by atoms with van der Waals surface area (Å²) in [5, 5.41) is 20.7. The third kappa shape index (κ3) is 4.46. The summed E-state index contributed by atoms with van der Waals surface area (Å²) >= 11 is 0. The van der Waals surface area contributed by atoms with Crippen LogP contribution in [0.2, 0.25) is 0 Å². The lowest BCUT2D eigenvalue weighted by Gasteiger charge is -2.11. The zero-order valence-corrected chi connectivity index (χ0v) is 16.5. The van der Waals surface area contributed by atoms with E-state index in [2.05, 4.69) is 26.6 Å². The molecule has 32 heavy (non-hydrogen) atoms. The van der Waals surface area contributed by atoms with E-state index in [4.69, 9.17) is 0 Å². The van der Waals surface area contributed by atoms with Gasteiger partial charge >= 0.3 is 12.1 Å². The lowest BCUT2D eigenvalue weighted by molar-refractivity contribution is -0.383. The fraction of sp³-hybridized carbons (Fsp3) is 0. The van der Waals surface area contributed by atoms with Crippen molar-refractivity contribution in [3.63, 3.8) is 0 Å². The van der Waals surface area contributed by atoms with Gasteiger partial charge in [0.25, 0.3) is 5.69 Å². The first kappa shape index (κ1) is 20.3. The molecule has 4 N–H and O–H groups in total. The van der Waals surface area contributed by atoms with Gasteiger partial charge in [-0.1, -0.05) is 24.3 Å². The van der Waals surface area contributed by atoms with Crippen molar-refractivity contribution < 1.29 is 14.5 Å². The number of rotatable bonds is 5. The van der Waals surface area contributed by atoms with Crippen molar-refractivity contribution >= 4 is 45.7 Å². The molecule has 3 amide bonds. The van der Waals surface area contributed by atoms with Crippen molar-refractivity contribution in [3.05, 3.63) is 89.1 Å². The average Bonchev–Trinajstić information content (AvgIpc) is 3.23. The van der Waals surface area contributed by atoms with Gasteiger partial charge in [0.05, 0.1) is 27.7 Å². The second kappa shape index (κ2) is 8.83. The Morgan fingerprint density at radius 3 is 2.19 bits per heavy atom. The second-order valence-electron chi connectivity index (χ2n) is 6.60. The number of nitrogens with zero attached hydrogens (tertiary/aromatic N) is 3. The van der Waals surface area contributed by atoms with Gasteiger partial charge in [0, 0.05) is 17.4 Å². The van der Waals surface area contributed by atoms with Crippen LogP contribution in [-0.4, -0.2) is 26.8 Å². The zero-order chi connectivity index (χ0) is 22.5. The minimum absolute atomic E-state index is 0.131. The summed E-state index contributed by atoms with van der Waals surface area (Å²) < 4.78 is 1.03. The average molecular weight is 431 g/mol. The molecule has 0 saturated carbocycles. The van der Waals surface area contributed by atoms with Crippen molar-refractivity contribution in [1.82, 2.24) is 15.2 Å². The first-order valence-corrected chi connectivity index (χ1v) is 9.42. The van der Waals surface area contributed by atoms with E-state index in [1.54, 1.807) is 42.5 Å². The Hall–Kier alpha value is -4.93. The van der Waals surface area contributed by atoms with Gasteiger partial charge in [0.1, 0.15) is 0 Å². The summed E-state index contributed by atoms with van der Waals surface area (Å²) in [5.74, 6) is 0. The molecular formula is C21H17N7O4. The van der Waals surface area contributed by atoms with E-state index in [0.717, 1.165) is 4.68 Å². The van der Waals surface area contributed by atoms with Crippen LogP contribution in [0.4, 0.5) is 32.3 Å². The number of hydrazine groups is 1. The number of nitro benzene ring substituents is 1. The number of nitro groups is 1. The molecule has 1 aromatic heterocycles. The molecule has 11 heteroatoms. The van der Waals surface area contributed by atoms with Gasteiger partial charge in [-0.25, -0.2) is 15.0 Å². The number of urea groups is 1. The third-order valence-corrected chi connectivity index (χ3v) is 4.47.